The van der Waals surface area contributed by atoms with Crippen molar-refractivity contribution in [1.29, 1.82) is 10.8 Å². The molecule has 1 aromatic heterocycles. The highest BCUT2D eigenvalue weighted by atomic mass is 19.1. The molecule has 3 aromatic rings. The van der Waals surface area contributed by atoms with Gasteiger partial charge in [0.1, 0.15) is 30.7 Å². The predicted octanol–water partition coefficient (Wildman–Crippen LogP) is 5.55. The fourth-order valence-electron chi connectivity index (χ4n) is 2.53. The molecule has 0 unspecified atom stereocenters. The minimum atomic E-state index is -0.903. The second-order valence-electron chi connectivity index (χ2n) is 6.06. The van der Waals surface area contributed by atoms with Gasteiger partial charge in [-0.2, -0.15) is 0 Å². The smallest absolute Gasteiger partial charge is 0.259 e. The Morgan fingerprint density at radius 3 is 2.48 bits per heavy atom. The van der Waals surface area contributed by atoms with Crippen molar-refractivity contribution in [3.05, 3.63) is 83.3 Å². The monoisotopic (exact) mass is 461 g/mol. The lowest BCUT2D eigenvalue weighted by molar-refractivity contribution is 0.102. The van der Waals surface area contributed by atoms with Crippen molar-refractivity contribution in [3.8, 4) is 5.75 Å². The summed E-state index contributed by atoms with van der Waals surface area (Å²) in [6.07, 6.45) is 1.33. The van der Waals surface area contributed by atoms with Gasteiger partial charge in [0.05, 0.1) is 17.5 Å². The van der Waals surface area contributed by atoms with E-state index in [2.05, 4.69) is 5.32 Å². The number of anilines is 1. The largest absolute Gasteiger partial charge is 0.490 e. The maximum Gasteiger partial charge on any atom is 0.259 e. The zero-order valence-corrected chi connectivity index (χ0v) is 17.9. The molecule has 0 bridgehead atoms. The SMILES string of the molecule is CC.N=C(OC(=N)c1ccco1)c1ccc(F)c(NC(=O)c2cc(F)ccc2OCCF)c1. The molecule has 0 saturated carbocycles. The van der Waals surface area contributed by atoms with Crippen LogP contribution in [0.3, 0.4) is 0 Å². The van der Waals surface area contributed by atoms with Crippen LogP contribution in [0, 0.1) is 22.5 Å². The maximum absolute atomic E-state index is 14.2. The first-order valence-corrected chi connectivity index (χ1v) is 9.87. The van der Waals surface area contributed by atoms with Gasteiger partial charge in [-0.25, -0.2) is 13.2 Å². The number of alkyl halides is 1. The summed E-state index contributed by atoms with van der Waals surface area (Å²) in [5.41, 5.74) is -0.522. The van der Waals surface area contributed by atoms with Crippen LogP contribution in [0.15, 0.2) is 59.2 Å². The summed E-state index contributed by atoms with van der Waals surface area (Å²) >= 11 is 0. The number of rotatable bonds is 7. The molecule has 0 aliphatic heterocycles. The van der Waals surface area contributed by atoms with E-state index in [0.717, 1.165) is 30.3 Å². The Labute approximate surface area is 188 Å². The Morgan fingerprint density at radius 2 is 1.82 bits per heavy atom. The molecule has 0 saturated heterocycles. The van der Waals surface area contributed by atoms with E-state index in [-0.39, 0.29) is 34.9 Å². The number of hydrogen-bond donors (Lipinski definition) is 3. The van der Waals surface area contributed by atoms with Crippen LogP contribution in [0.1, 0.15) is 35.5 Å². The summed E-state index contributed by atoms with van der Waals surface area (Å²) in [4.78, 5) is 12.6. The lowest BCUT2D eigenvalue weighted by Crippen LogP contribution is -2.17. The Bertz CT molecular complexity index is 1120. The molecule has 0 atom stereocenters. The van der Waals surface area contributed by atoms with Crippen LogP contribution in [0.25, 0.3) is 0 Å². The van der Waals surface area contributed by atoms with Crippen molar-refractivity contribution < 1.29 is 31.9 Å². The van der Waals surface area contributed by atoms with Crippen molar-refractivity contribution in [3.63, 3.8) is 0 Å². The van der Waals surface area contributed by atoms with Gasteiger partial charge in [-0.05, 0) is 48.5 Å². The van der Waals surface area contributed by atoms with E-state index in [4.69, 9.17) is 24.7 Å². The Balaban J connectivity index is 0.00000187. The van der Waals surface area contributed by atoms with Crippen LogP contribution >= 0.6 is 0 Å². The summed E-state index contributed by atoms with van der Waals surface area (Å²) in [7, 11) is 0. The number of ether oxygens (including phenoxy) is 2. The van der Waals surface area contributed by atoms with Crippen LogP contribution in [-0.2, 0) is 4.74 Å². The van der Waals surface area contributed by atoms with Gasteiger partial charge < -0.3 is 19.2 Å². The Hall–Kier alpha value is -4.08. The average Bonchev–Trinajstić information content (AvgIpc) is 3.36. The van der Waals surface area contributed by atoms with Crippen molar-refractivity contribution >= 4 is 23.4 Å². The highest BCUT2D eigenvalue weighted by molar-refractivity contribution is 6.07. The zero-order valence-electron chi connectivity index (χ0n) is 17.9. The minimum absolute atomic E-state index is 0.0566. The molecule has 3 N–H and O–H groups in total. The molecule has 33 heavy (non-hydrogen) atoms. The fraction of sp³-hybridized carbons (Fsp3) is 0.174. The van der Waals surface area contributed by atoms with Gasteiger partial charge >= 0.3 is 0 Å². The van der Waals surface area contributed by atoms with Gasteiger partial charge in [-0.15, -0.1) is 0 Å². The van der Waals surface area contributed by atoms with Crippen molar-refractivity contribution in [2.45, 2.75) is 13.8 Å². The fourth-order valence-corrected chi connectivity index (χ4v) is 2.53. The quantitative estimate of drug-likeness (QED) is 0.317. The minimum Gasteiger partial charge on any atom is -0.490 e. The Kier molecular flexibility index (Phi) is 9.22. The molecule has 0 radical (unpaired) electrons. The first kappa shape index (κ1) is 25.2. The highest BCUT2D eigenvalue weighted by Crippen LogP contribution is 2.23. The van der Waals surface area contributed by atoms with E-state index in [1.165, 1.54) is 18.4 Å². The molecule has 0 fully saturated rings. The maximum atomic E-state index is 14.2. The van der Waals surface area contributed by atoms with Gasteiger partial charge in [0.25, 0.3) is 11.8 Å². The number of carbonyl (C=O) groups is 1. The number of amides is 1. The van der Waals surface area contributed by atoms with E-state index in [1.807, 2.05) is 13.8 Å². The van der Waals surface area contributed by atoms with Crippen molar-refractivity contribution in [2.24, 2.45) is 0 Å². The molecular weight excluding hydrogens is 439 g/mol. The summed E-state index contributed by atoms with van der Waals surface area (Å²) in [6, 6.07) is 9.42. The molecular formula is C23H22F3N3O4. The summed E-state index contributed by atoms with van der Waals surface area (Å²) < 4.78 is 55.4. The number of carbonyl (C=O) groups excluding carboxylic acids is 1. The van der Waals surface area contributed by atoms with Gasteiger partial charge in [0.2, 0.25) is 5.90 Å². The van der Waals surface area contributed by atoms with Gasteiger partial charge in [-0.1, -0.05) is 13.8 Å². The molecule has 0 aliphatic rings. The molecule has 0 spiro atoms. The number of furan rings is 1. The Morgan fingerprint density at radius 1 is 1.06 bits per heavy atom. The lowest BCUT2D eigenvalue weighted by Gasteiger charge is -2.13. The first-order chi connectivity index (χ1) is 15.9. The van der Waals surface area contributed by atoms with E-state index in [0.29, 0.717) is 0 Å². The van der Waals surface area contributed by atoms with E-state index >= 15 is 0 Å². The predicted molar refractivity (Wildman–Crippen MR) is 117 cm³/mol. The average molecular weight is 461 g/mol. The summed E-state index contributed by atoms with van der Waals surface area (Å²) in [5, 5.41) is 18.0. The van der Waals surface area contributed by atoms with Crippen molar-refractivity contribution in [2.75, 3.05) is 18.6 Å². The lowest BCUT2D eigenvalue weighted by atomic mass is 10.1. The third-order valence-corrected chi connectivity index (χ3v) is 3.95. The van der Waals surface area contributed by atoms with Crippen molar-refractivity contribution in [1.82, 2.24) is 0 Å². The molecule has 0 aliphatic carbocycles. The standard InChI is InChI=1S/C21H16F3N3O4.C2H6/c22-7-9-30-17-6-4-13(23)11-14(17)21(28)27-16-10-12(3-5-15(16)24)19(25)31-20(26)18-2-1-8-29-18;1-2/h1-6,8,10-11,25-26H,7,9H2,(H,27,28);1-2H3. The van der Waals surface area contributed by atoms with Crippen LogP contribution in [-0.4, -0.2) is 31.0 Å². The second-order valence-corrected chi connectivity index (χ2v) is 6.06. The number of halogens is 3. The van der Waals surface area contributed by atoms with Gasteiger partial charge in [0, 0.05) is 5.56 Å². The number of nitrogens with one attached hydrogen (secondary N) is 3. The number of benzene rings is 2. The molecule has 3 rings (SSSR count). The summed E-state index contributed by atoms with van der Waals surface area (Å²) in [6.45, 7) is 2.84. The molecule has 2 aromatic carbocycles. The van der Waals surface area contributed by atoms with E-state index in [1.54, 1.807) is 6.07 Å². The third-order valence-electron chi connectivity index (χ3n) is 3.95. The van der Waals surface area contributed by atoms with Crippen LogP contribution in [0.5, 0.6) is 5.75 Å². The third kappa shape index (κ3) is 6.70. The van der Waals surface area contributed by atoms with Crippen LogP contribution < -0.4 is 10.1 Å². The normalized spacial score (nSPS) is 9.97. The molecule has 10 heteroatoms. The van der Waals surface area contributed by atoms with Gasteiger partial charge in [0.15, 0.2) is 5.76 Å². The van der Waals surface area contributed by atoms with Crippen LogP contribution in [0.2, 0.25) is 0 Å². The van der Waals surface area contributed by atoms with Crippen LogP contribution in [0.4, 0.5) is 18.9 Å². The second kappa shape index (κ2) is 12.1. The van der Waals surface area contributed by atoms with Gasteiger partial charge in [-0.3, -0.25) is 15.6 Å². The molecule has 174 valence electrons. The van der Waals surface area contributed by atoms with E-state index < -0.39 is 36.0 Å². The zero-order chi connectivity index (χ0) is 24.4. The highest BCUT2D eigenvalue weighted by Gasteiger charge is 2.18. The molecule has 7 nitrogen and oxygen atoms in total. The number of hydrogen-bond acceptors (Lipinski definition) is 6. The molecule has 1 amide bonds. The summed E-state index contributed by atoms with van der Waals surface area (Å²) in [5.74, 6) is -3.37. The molecule has 1 heterocycles. The topological polar surface area (TPSA) is 108 Å². The first-order valence-electron chi connectivity index (χ1n) is 9.87. The van der Waals surface area contributed by atoms with E-state index in [9.17, 15) is 18.0 Å².